The Kier molecular flexibility index (Phi) is 2.84. The zero-order valence-electron chi connectivity index (χ0n) is 11.4. The molecule has 1 fully saturated rings. The molecule has 0 bridgehead atoms. The predicted octanol–water partition coefficient (Wildman–Crippen LogP) is 3.51. The fourth-order valence-corrected chi connectivity index (χ4v) is 3.35. The summed E-state index contributed by atoms with van der Waals surface area (Å²) < 4.78 is 0. The number of nitrogens with zero attached hydrogens (tertiary/aromatic N) is 3. The molecule has 20 heavy (non-hydrogen) atoms. The monoisotopic (exact) mass is 263 g/mol. The summed E-state index contributed by atoms with van der Waals surface area (Å²) in [5.41, 5.74) is 4.08. The molecule has 2 aromatic heterocycles. The third-order valence-electron chi connectivity index (χ3n) is 4.37. The lowest BCUT2D eigenvalue weighted by Gasteiger charge is -2.05. The number of rotatable bonds is 2. The second-order valence-corrected chi connectivity index (χ2v) is 5.66. The van der Waals surface area contributed by atoms with Gasteiger partial charge in [0, 0.05) is 6.20 Å². The number of aliphatic imine (C=N–C) groups is 1. The highest BCUT2D eigenvalue weighted by atomic mass is 14.9. The van der Waals surface area contributed by atoms with E-state index in [0.717, 1.165) is 29.4 Å². The predicted molar refractivity (Wildman–Crippen MR) is 79.8 cm³/mol. The molecule has 3 heteroatoms. The highest BCUT2D eigenvalue weighted by molar-refractivity contribution is 6.00. The summed E-state index contributed by atoms with van der Waals surface area (Å²) in [6.07, 6.45) is 6.84. The minimum Gasteiger partial charge on any atom is -0.284 e. The Morgan fingerprint density at radius 3 is 2.65 bits per heavy atom. The van der Waals surface area contributed by atoms with Crippen LogP contribution in [-0.4, -0.2) is 21.7 Å². The van der Waals surface area contributed by atoms with Gasteiger partial charge < -0.3 is 0 Å². The smallest absolute Gasteiger partial charge is 0.0894 e. The van der Waals surface area contributed by atoms with Crippen molar-refractivity contribution < 1.29 is 0 Å². The highest BCUT2D eigenvalue weighted by Crippen LogP contribution is 2.37. The van der Waals surface area contributed by atoms with E-state index in [2.05, 4.69) is 17.1 Å². The van der Waals surface area contributed by atoms with Crippen molar-refractivity contribution in [3.63, 3.8) is 0 Å². The molecule has 0 saturated heterocycles. The fraction of sp³-hybridized carbons (Fsp3) is 0.353. The van der Waals surface area contributed by atoms with E-state index in [0.29, 0.717) is 6.04 Å². The van der Waals surface area contributed by atoms with Gasteiger partial charge in [-0.15, -0.1) is 0 Å². The lowest BCUT2D eigenvalue weighted by Crippen LogP contribution is -2.05. The molecule has 0 unspecified atom stereocenters. The van der Waals surface area contributed by atoms with E-state index in [4.69, 9.17) is 9.98 Å². The van der Waals surface area contributed by atoms with Crippen LogP contribution in [0.15, 0.2) is 47.6 Å². The van der Waals surface area contributed by atoms with Gasteiger partial charge in [-0.2, -0.15) is 0 Å². The molecule has 0 spiro atoms. The van der Waals surface area contributed by atoms with Gasteiger partial charge >= 0.3 is 0 Å². The first-order valence-electron chi connectivity index (χ1n) is 7.36. The number of hydrogen-bond acceptors (Lipinski definition) is 3. The molecule has 0 radical (unpaired) electrons. The van der Waals surface area contributed by atoms with Crippen LogP contribution in [0.2, 0.25) is 0 Å². The fourth-order valence-electron chi connectivity index (χ4n) is 3.35. The van der Waals surface area contributed by atoms with Crippen LogP contribution in [0.4, 0.5) is 0 Å². The van der Waals surface area contributed by atoms with Crippen LogP contribution in [0.3, 0.4) is 0 Å². The van der Waals surface area contributed by atoms with Crippen LogP contribution in [0.25, 0.3) is 11.4 Å². The highest BCUT2D eigenvalue weighted by Gasteiger charge is 2.33. The van der Waals surface area contributed by atoms with Crippen molar-refractivity contribution in [3.8, 4) is 11.4 Å². The molecule has 1 saturated carbocycles. The quantitative estimate of drug-likeness (QED) is 0.831. The Morgan fingerprint density at radius 2 is 1.80 bits per heavy atom. The molecule has 3 nitrogen and oxygen atoms in total. The lowest BCUT2D eigenvalue weighted by atomic mass is 10.00. The second kappa shape index (κ2) is 4.82. The normalized spacial score (nSPS) is 24.5. The molecule has 100 valence electrons. The van der Waals surface area contributed by atoms with Crippen LogP contribution in [-0.2, 0) is 0 Å². The first kappa shape index (κ1) is 11.8. The van der Waals surface area contributed by atoms with Crippen molar-refractivity contribution in [3.05, 3.63) is 48.3 Å². The topological polar surface area (TPSA) is 38.1 Å². The van der Waals surface area contributed by atoms with E-state index in [9.17, 15) is 0 Å². The van der Waals surface area contributed by atoms with Crippen molar-refractivity contribution in [2.75, 3.05) is 0 Å². The maximum absolute atomic E-state index is 4.89. The van der Waals surface area contributed by atoms with E-state index in [-0.39, 0.29) is 0 Å². The maximum Gasteiger partial charge on any atom is 0.0894 e. The van der Waals surface area contributed by atoms with E-state index in [1.54, 1.807) is 6.20 Å². The Hall–Kier alpha value is -2.03. The molecule has 0 amide bonds. The molecule has 2 aromatic rings. The zero-order valence-corrected chi connectivity index (χ0v) is 11.4. The Labute approximate surface area is 118 Å². The summed E-state index contributed by atoms with van der Waals surface area (Å²) in [7, 11) is 0. The zero-order chi connectivity index (χ0) is 13.4. The van der Waals surface area contributed by atoms with Crippen molar-refractivity contribution in [2.24, 2.45) is 10.9 Å². The molecule has 0 N–H and O–H groups in total. The van der Waals surface area contributed by atoms with Crippen molar-refractivity contribution in [1.29, 1.82) is 0 Å². The van der Waals surface area contributed by atoms with Crippen LogP contribution in [0, 0.1) is 5.92 Å². The summed E-state index contributed by atoms with van der Waals surface area (Å²) in [4.78, 5) is 14.0. The van der Waals surface area contributed by atoms with Gasteiger partial charge in [0.05, 0.1) is 28.8 Å². The van der Waals surface area contributed by atoms with Crippen LogP contribution < -0.4 is 0 Å². The number of hydrogen-bond donors (Lipinski definition) is 0. The van der Waals surface area contributed by atoms with Crippen LogP contribution in [0.1, 0.15) is 31.4 Å². The van der Waals surface area contributed by atoms with Crippen LogP contribution in [0.5, 0.6) is 0 Å². The lowest BCUT2D eigenvalue weighted by molar-refractivity contribution is 0.536. The first-order valence-corrected chi connectivity index (χ1v) is 7.36. The van der Waals surface area contributed by atoms with E-state index in [1.165, 1.54) is 25.0 Å². The minimum atomic E-state index is 0.560. The van der Waals surface area contributed by atoms with E-state index >= 15 is 0 Å². The molecule has 3 heterocycles. The van der Waals surface area contributed by atoms with Gasteiger partial charge in [-0.05, 0) is 49.4 Å². The third-order valence-corrected chi connectivity index (χ3v) is 4.37. The largest absolute Gasteiger partial charge is 0.284 e. The summed E-state index contributed by atoms with van der Waals surface area (Å²) >= 11 is 0. The Bertz CT molecular complexity index is 648. The molecular weight excluding hydrogens is 246 g/mol. The standard InChI is InChI=1S/C17H17N3/c1-2-10-18-14(6-1)15-8-4-9-16(20-15)17-11-12-5-3-7-13(12)19-17/h1-2,4,6,8-10,12-13H,3,5,7,11H2/t12-,13-/m1/s1. The van der Waals surface area contributed by atoms with Gasteiger partial charge in [0.25, 0.3) is 0 Å². The number of aromatic nitrogens is 2. The van der Waals surface area contributed by atoms with Crippen molar-refractivity contribution >= 4 is 5.71 Å². The van der Waals surface area contributed by atoms with Gasteiger partial charge in [0.15, 0.2) is 0 Å². The molecule has 2 aliphatic rings. The number of pyridine rings is 2. The Morgan fingerprint density at radius 1 is 0.900 bits per heavy atom. The van der Waals surface area contributed by atoms with Gasteiger partial charge in [-0.25, -0.2) is 4.98 Å². The van der Waals surface area contributed by atoms with Gasteiger partial charge in [-0.1, -0.05) is 18.6 Å². The van der Waals surface area contributed by atoms with Gasteiger partial charge in [-0.3, -0.25) is 9.98 Å². The summed E-state index contributed by atoms with van der Waals surface area (Å²) in [5.74, 6) is 0.769. The molecule has 1 aliphatic heterocycles. The van der Waals surface area contributed by atoms with E-state index < -0.39 is 0 Å². The van der Waals surface area contributed by atoms with E-state index in [1.807, 2.05) is 24.3 Å². The molecule has 4 rings (SSSR count). The SMILES string of the molecule is c1ccc(-c2cccc(C3=N[C@@H]4CCC[C@@H]4C3)n2)nc1. The van der Waals surface area contributed by atoms with Gasteiger partial charge in [0.1, 0.15) is 0 Å². The Balaban J connectivity index is 1.67. The first-order chi connectivity index (χ1) is 9.90. The summed E-state index contributed by atoms with van der Waals surface area (Å²) in [6, 6.07) is 12.6. The summed E-state index contributed by atoms with van der Waals surface area (Å²) in [6.45, 7) is 0. The maximum atomic E-state index is 4.89. The van der Waals surface area contributed by atoms with Gasteiger partial charge in [0.2, 0.25) is 0 Å². The van der Waals surface area contributed by atoms with Crippen molar-refractivity contribution in [1.82, 2.24) is 9.97 Å². The molecule has 0 aromatic carbocycles. The van der Waals surface area contributed by atoms with Crippen molar-refractivity contribution in [2.45, 2.75) is 31.7 Å². The summed E-state index contributed by atoms with van der Waals surface area (Å²) in [5, 5.41) is 0. The number of fused-ring (bicyclic) bond motifs is 1. The second-order valence-electron chi connectivity index (χ2n) is 5.66. The van der Waals surface area contributed by atoms with Crippen LogP contribution >= 0.6 is 0 Å². The molecular formula is C17H17N3. The molecule has 2 atom stereocenters. The third kappa shape index (κ3) is 2.03. The average Bonchev–Trinajstić information content (AvgIpc) is 3.10. The minimum absolute atomic E-state index is 0.560. The average molecular weight is 263 g/mol. The molecule has 1 aliphatic carbocycles.